The van der Waals surface area contributed by atoms with E-state index in [0.717, 1.165) is 61.3 Å². The van der Waals surface area contributed by atoms with E-state index in [4.69, 9.17) is 5.26 Å². The van der Waals surface area contributed by atoms with Crippen LogP contribution in [0.25, 0.3) is 0 Å². The van der Waals surface area contributed by atoms with Crippen LogP contribution in [0.1, 0.15) is 94.6 Å². The maximum Gasteiger partial charge on any atom is 0.0991 e. The van der Waals surface area contributed by atoms with Gasteiger partial charge in [-0.3, -0.25) is 4.39 Å². The highest BCUT2D eigenvalue weighted by molar-refractivity contribution is 5.31. The molecule has 30 heavy (non-hydrogen) atoms. The average Bonchev–Trinajstić information content (AvgIpc) is 2.81. The van der Waals surface area contributed by atoms with E-state index in [1.807, 2.05) is 12.1 Å². The fourth-order valence-corrected chi connectivity index (χ4v) is 5.70. The summed E-state index contributed by atoms with van der Waals surface area (Å²) in [6.45, 7) is -0.160. The molecule has 0 saturated heterocycles. The van der Waals surface area contributed by atoms with Crippen LogP contribution >= 0.6 is 0 Å². The highest BCUT2D eigenvalue weighted by Crippen LogP contribution is 2.42. The Morgan fingerprint density at radius 2 is 1.53 bits per heavy atom. The second kappa shape index (κ2) is 12.9. The van der Waals surface area contributed by atoms with Gasteiger partial charge in [-0.25, -0.2) is 0 Å². The first-order valence-electron chi connectivity index (χ1n) is 12.5. The molecular weight excluding hydrogens is 369 g/mol. The highest BCUT2D eigenvalue weighted by atomic mass is 19.1. The lowest BCUT2D eigenvalue weighted by Gasteiger charge is -2.37. The number of unbranched alkanes of at least 4 members (excludes halogenated alkanes) is 3. The maximum atomic E-state index is 12.1. The number of allylic oxidation sites excluding steroid dienone is 2. The number of halogens is 1. The van der Waals surface area contributed by atoms with Crippen molar-refractivity contribution in [3.05, 3.63) is 47.5 Å². The van der Waals surface area contributed by atoms with Crippen LogP contribution in [0.4, 0.5) is 4.39 Å². The Balaban J connectivity index is 1.29. The second-order valence-corrected chi connectivity index (χ2v) is 9.77. The second-order valence-electron chi connectivity index (χ2n) is 9.77. The average molecular weight is 410 g/mol. The van der Waals surface area contributed by atoms with E-state index in [9.17, 15) is 4.39 Å². The molecule has 2 aliphatic rings. The summed E-state index contributed by atoms with van der Waals surface area (Å²) in [6.07, 6.45) is 22.7. The number of benzene rings is 1. The summed E-state index contributed by atoms with van der Waals surface area (Å²) in [7, 11) is 0. The summed E-state index contributed by atoms with van der Waals surface area (Å²) in [6, 6.07) is 10.4. The summed E-state index contributed by atoms with van der Waals surface area (Å²) in [5.74, 6) is 3.64. The van der Waals surface area contributed by atoms with Gasteiger partial charge >= 0.3 is 0 Å². The molecule has 0 aliphatic heterocycles. The zero-order valence-electron chi connectivity index (χ0n) is 18.7. The quantitative estimate of drug-likeness (QED) is 0.282. The van der Waals surface area contributed by atoms with Crippen molar-refractivity contribution in [1.82, 2.24) is 0 Å². The van der Waals surface area contributed by atoms with Crippen molar-refractivity contribution in [3.63, 3.8) is 0 Å². The summed E-state index contributed by atoms with van der Waals surface area (Å²) >= 11 is 0. The molecule has 0 aromatic heterocycles. The van der Waals surface area contributed by atoms with E-state index in [-0.39, 0.29) is 6.67 Å². The van der Waals surface area contributed by atoms with Crippen molar-refractivity contribution in [2.45, 2.75) is 89.9 Å². The molecule has 0 amide bonds. The molecule has 3 rings (SSSR count). The Kier molecular flexibility index (Phi) is 9.94. The van der Waals surface area contributed by atoms with Gasteiger partial charge in [0, 0.05) is 0 Å². The third-order valence-electron chi connectivity index (χ3n) is 7.71. The van der Waals surface area contributed by atoms with Crippen LogP contribution in [0.2, 0.25) is 0 Å². The van der Waals surface area contributed by atoms with Gasteiger partial charge in [-0.15, -0.1) is 0 Å². The van der Waals surface area contributed by atoms with Crippen LogP contribution in [-0.2, 0) is 6.42 Å². The van der Waals surface area contributed by atoms with E-state index in [0.29, 0.717) is 0 Å². The fraction of sp³-hybridized carbons (Fsp3) is 0.679. The maximum absolute atomic E-state index is 12.1. The Bertz CT molecular complexity index is 655. The molecule has 1 aromatic carbocycles. The van der Waals surface area contributed by atoms with Crippen LogP contribution in [0.5, 0.6) is 0 Å². The van der Waals surface area contributed by atoms with Gasteiger partial charge < -0.3 is 0 Å². The standard InChI is InChI=1S/C28H40FN/c29-21-5-3-1-2-4-6-23-13-17-27(18-14-23)28-19-15-25(16-20-28)8-7-24-9-11-26(22-30)12-10-24/h4,6,9-12,23,25,27-28H,1-3,5,7-8,13-21H2/b6-4+/t23-,25?,27-,28?. The highest BCUT2D eigenvalue weighted by Gasteiger charge is 2.30. The smallest absolute Gasteiger partial charge is 0.0991 e. The lowest BCUT2D eigenvalue weighted by molar-refractivity contribution is 0.152. The number of hydrogen-bond donors (Lipinski definition) is 0. The predicted octanol–water partition coefficient (Wildman–Crippen LogP) is 8.19. The summed E-state index contributed by atoms with van der Waals surface area (Å²) < 4.78 is 12.1. The molecule has 1 nitrogen and oxygen atoms in total. The Morgan fingerprint density at radius 1 is 0.867 bits per heavy atom. The van der Waals surface area contributed by atoms with E-state index in [1.165, 1.54) is 63.4 Å². The summed E-state index contributed by atoms with van der Waals surface area (Å²) in [5.41, 5.74) is 2.14. The Labute approximate surface area is 183 Å². The van der Waals surface area contributed by atoms with Gasteiger partial charge in [-0.05, 0) is 112 Å². The Hall–Kier alpha value is -1.62. The molecular formula is C28H40FN. The largest absolute Gasteiger partial charge is 0.251 e. The Morgan fingerprint density at radius 3 is 2.17 bits per heavy atom. The zero-order valence-corrected chi connectivity index (χ0v) is 18.7. The molecule has 164 valence electrons. The van der Waals surface area contributed by atoms with Gasteiger partial charge in [-0.1, -0.05) is 43.5 Å². The van der Waals surface area contributed by atoms with Crippen LogP contribution in [0, 0.1) is 35.0 Å². The van der Waals surface area contributed by atoms with Gasteiger partial charge in [0.25, 0.3) is 0 Å². The monoisotopic (exact) mass is 409 g/mol. The van der Waals surface area contributed by atoms with E-state index in [2.05, 4.69) is 30.4 Å². The molecule has 0 atom stereocenters. The zero-order chi connectivity index (χ0) is 21.0. The molecule has 2 heteroatoms. The molecule has 2 aliphatic carbocycles. The van der Waals surface area contributed by atoms with Gasteiger partial charge in [0.1, 0.15) is 0 Å². The number of alkyl halides is 1. The number of rotatable bonds is 10. The predicted molar refractivity (Wildman–Crippen MR) is 124 cm³/mol. The molecule has 2 fully saturated rings. The number of aryl methyl sites for hydroxylation is 1. The lowest BCUT2D eigenvalue weighted by Crippen LogP contribution is -2.25. The minimum Gasteiger partial charge on any atom is -0.251 e. The molecule has 0 bridgehead atoms. The SMILES string of the molecule is N#Cc1ccc(CCC2CCC([C@H]3CC[C@H](/C=C/CCCCCF)CC3)CC2)cc1. The number of nitrogens with zero attached hydrogens (tertiary/aromatic N) is 1. The third-order valence-corrected chi connectivity index (χ3v) is 7.71. The van der Waals surface area contributed by atoms with E-state index < -0.39 is 0 Å². The van der Waals surface area contributed by atoms with E-state index in [1.54, 1.807) is 0 Å². The topological polar surface area (TPSA) is 23.8 Å². The van der Waals surface area contributed by atoms with Crippen LogP contribution in [0.15, 0.2) is 36.4 Å². The first-order valence-corrected chi connectivity index (χ1v) is 12.5. The van der Waals surface area contributed by atoms with Crippen molar-refractivity contribution in [2.75, 3.05) is 6.67 Å². The van der Waals surface area contributed by atoms with Crippen molar-refractivity contribution < 1.29 is 4.39 Å². The molecule has 0 radical (unpaired) electrons. The number of hydrogen-bond acceptors (Lipinski definition) is 1. The van der Waals surface area contributed by atoms with Gasteiger partial charge in [-0.2, -0.15) is 5.26 Å². The van der Waals surface area contributed by atoms with Crippen molar-refractivity contribution in [2.24, 2.45) is 23.7 Å². The first-order chi connectivity index (χ1) is 14.8. The van der Waals surface area contributed by atoms with Gasteiger partial charge in [0.15, 0.2) is 0 Å². The fourth-order valence-electron chi connectivity index (χ4n) is 5.70. The first kappa shape index (κ1) is 23.1. The van der Waals surface area contributed by atoms with Crippen LogP contribution in [0.3, 0.4) is 0 Å². The number of nitriles is 1. The molecule has 0 spiro atoms. The van der Waals surface area contributed by atoms with Crippen LogP contribution < -0.4 is 0 Å². The molecule has 1 aromatic rings. The molecule has 0 heterocycles. The summed E-state index contributed by atoms with van der Waals surface area (Å²) in [4.78, 5) is 0. The summed E-state index contributed by atoms with van der Waals surface area (Å²) in [5, 5.41) is 8.92. The van der Waals surface area contributed by atoms with Crippen molar-refractivity contribution in [3.8, 4) is 6.07 Å². The molecule has 2 saturated carbocycles. The minimum atomic E-state index is -0.160. The van der Waals surface area contributed by atoms with E-state index >= 15 is 0 Å². The van der Waals surface area contributed by atoms with Crippen molar-refractivity contribution in [1.29, 1.82) is 5.26 Å². The van der Waals surface area contributed by atoms with Gasteiger partial charge in [0.2, 0.25) is 0 Å². The van der Waals surface area contributed by atoms with Crippen molar-refractivity contribution >= 4 is 0 Å². The van der Waals surface area contributed by atoms with Gasteiger partial charge in [0.05, 0.1) is 18.3 Å². The van der Waals surface area contributed by atoms with Crippen LogP contribution in [-0.4, -0.2) is 6.67 Å². The third kappa shape index (κ3) is 7.57. The molecule has 0 N–H and O–H groups in total. The molecule has 0 unspecified atom stereocenters. The minimum absolute atomic E-state index is 0.160. The normalized spacial score (nSPS) is 27.2. The lowest BCUT2D eigenvalue weighted by atomic mass is 9.68.